The molecule has 1 heterocycles. The minimum atomic E-state index is -1.08. The van der Waals surface area contributed by atoms with Crippen molar-refractivity contribution in [2.45, 2.75) is 13.0 Å². The molecule has 0 fully saturated rings. The molecule has 16 heavy (non-hydrogen) atoms. The van der Waals surface area contributed by atoms with E-state index in [1.54, 1.807) is 6.07 Å². The van der Waals surface area contributed by atoms with E-state index in [9.17, 15) is 4.79 Å². The SMILES string of the molecule is O=C(O)c1c(Cl)cc2c(c1Cl)CCN(P)C2. The highest BCUT2D eigenvalue weighted by molar-refractivity contribution is 7.13. The molecule has 2 rings (SSSR count). The van der Waals surface area contributed by atoms with Gasteiger partial charge in [-0.15, -0.1) is 0 Å². The average molecular weight is 278 g/mol. The molecule has 1 unspecified atom stereocenters. The Labute approximate surface area is 106 Å². The Hall–Kier alpha value is -0.340. The summed E-state index contributed by atoms with van der Waals surface area (Å²) < 4.78 is 2.06. The van der Waals surface area contributed by atoms with Crippen LogP contribution in [0.2, 0.25) is 10.0 Å². The molecular formula is C10H10Cl2NO2P. The van der Waals surface area contributed by atoms with Crippen LogP contribution in [0.15, 0.2) is 6.07 Å². The van der Waals surface area contributed by atoms with E-state index in [0.717, 1.165) is 30.6 Å². The fourth-order valence-corrected chi connectivity index (χ4v) is 2.95. The largest absolute Gasteiger partial charge is 0.478 e. The predicted octanol–water partition coefficient (Wildman–Crippen LogP) is 2.84. The minimum absolute atomic E-state index is 0.0132. The summed E-state index contributed by atoms with van der Waals surface area (Å²) in [7, 11) is 2.62. The molecule has 1 aromatic rings. The molecule has 6 heteroatoms. The molecule has 0 spiro atoms. The Morgan fingerprint density at radius 3 is 2.81 bits per heavy atom. The number of hydrogen-bond donors (Lipinski definition) is 1. The molecule has 1 N–H and O–H groups in total. The Kier molecular flexibility index (Phi) is 3.41. The lowest BCUT2D eigenvalue weighted by Gasteiger charge is -2.26. The van der Waals surface area contributed by atoms with Gasteiger partial charge in [0, 0.05) is 13.1 Å². The number of carboxylic acids is 1. The van der Waals surface area contributed by atoms with Crippen molar-refractivity contribution in [2.75, 3.05) is 6.54 Å². The minimum Gasteiger partial charge on any atom is -0.478 e. The first-order valence-electron chi connectivity index (χ1n) is 4.73. The molecule has 0 saturated heterocycles. The van der Waals surface area contributed by atoms with Crippen LogP contribution in [-0.2, 0) is 13.0 Å². The standard InChI is InChI=1S/C10H10Cl2NO2P/c11-7-3-5-4-13(16)2-1-6(5)9(12)8(7)10(14)15/h3H,1-2,4,16H2,(H,14,15). The molecule has 1 atom stereocenters. The number of aromatic carboxylic acids is 1. The van der Waals surface area contributed by atoms with Gasteiger partial charge >= 0.3 is 5.97 Å². The van der Waals surface area contributed by atoms with E-state index in [4.69, 9.17) is 28.3 Å². The number of carbonyl (C=O) groups is 1. The zero-order chi connectivity index (χ0) is 11.9. The number of halogens is 2. The van der Waals surface area contributed by atoms with Crippen LogP contribution in [0.5, 0.6) is 0 Å². The smallest absolute Gasteiger partial charge is 0.338 e. The molecule has 86 valence electrons. The lowest BCUT2D eigenvalue weighted by Crippen LogP contribution is -2.22. The summed E-state index contributed by atoms with van der Waals surface area (Å²) >= 11 is 12.0. The van der Waals surface area contributed by atoms with Crippen molar-refractivity contribution in [1.82, 2.24) is 4.67 Å². The molecule has 0 saturated carbocycles. The third-order valence-electron chi connectivity index (χ3n) is 2.65. The number of benzene rings is 1. The number of carboxylic acid groups (broad SMARTS) is 1. The van der Waals surface area contributed by atoms with Crippen LogP contribution in [0.1, 0.15) is 21.5 Å². The van der Waals surface area contributed by atoms with Gasteiger partial charge in [0.2, 0.25) is 0 Å². The van der Waals surface area contributed by atoms with Crippen LogP contribution in [0.3, 0.4) is 0 Å². The number of rotatable bonds is 1. The molecule has 0 aliphatic carbocycles. The summed E-state index contributed by atoms with van der Waals surface area (Å²) in [5.41, 5.74) is 1.92. The zero-order valence-electron chi connectivity index (χ0n) is 8.33. The maximum atomic E-state index is 11.0. The Morgan fingerprint density at radius 1 is 1.50 bits per heavy atom. The summed E-state index contributed by atoms with van der Waals surface area (Å²) in [5.74, 6) is -1.08. The van der Waals surface area contributed by atoms with Crippen molar-refractivity contribution in [3.8, 4) is 0 Å². The van der Waals surface area contributed by atoms with Gasteiger partial charge in [0.05, 0.1) is 15.6 Å². The molecule has 0 aromatic heterocycles. The third-order valence-corrected chi connectivity index (χ3v) is 3.80. The molecule has 0 bridgehead atoms. The van der Waals surface area contributed by atoms with Crippen molar-refractivity contribution in [3.05, 3.63) is 32.8 Å². The van der Waals surface area contributed by atoms with E-state index in [1.807, 2.05) is 0 Å². The molecule has 1 aliphatic heterocycles. The first kappa shape index (κ1) is 12.1. The maximum Gasteiger partial charge on any atom is 0.338 e. The van der Waals surface area contributed by atoms with Crippen LogP contribution < -0.4 is 0 Å². The van der Waals surface area contributed by atoms with Gasteiger partial charge < -0.3 is 5.11 Å². The van der Waals surface area contributed by atoms with E-state index in [1.165, 1.54) is 0 Å². The second-order valence-electron chi connectivity index (χ2n) is 3.71. The Morgan fingerprint density at radius 2 is 2.19 bits per heavy atom. The van der Waals surface area contributed by atoms with Crippen molar-refractivity contribution >= 4 is 38.6 Å². The molecule has 3 nitrogen and oxygen atoms in total. The van der Waals surface area contributed by atoms with Crippen LogP contribution in [0, 0.1) is 0 Å². The summed E-state index contributed by atoms with van der Waals surface area (Å²) in [6, 6.07) is 1.70. The zero-order valence-corrected chi connectivity index (χ0v) is 11.0. The number of nitrogens with zero attached hydrogens (tertiary/aromatic N) is 1. The van der Waals surface area contributed by atoms with E-state index in [-0.39, 0.29) is 15.6 Å². The maximum absolute atomic E-state index is 11.0. The summed E-state index contributed by atoms with van der Waals surface area (Å²) in [4.78, 5) is 11.0. The van der Waals surface area contributed by atoms with Gasteiger partial charge in [-0.3, -0.25) is 4.67 Å². The van der Waals surface area contributed by atoms with Gasteiger partial charge in [0.1, 0.15) is 0 Å². The van der Waals surface area contributed by atoms with Crippen LogP contribution >= 0.6 is 32.6 Å². The molecule has 1 aliphatic rings. The van der Waals surface area contributed by atoms with Crippen molar-refractivity contribution in [1.29, 1.82) is 0 Å². The normalized spacial score (nSPS) is 15.9. The fourth-order valence-electron chi connectivity index (χ4n) is 1.87. The Bertz CT molecular complexity index is 465. The lowest BCUT2D eigenvalue weighted by atomic mass is 9.98. The predicted molar refractivity (Wildman–Crippen MR) is 67.2 cm³/mol. The Balaban J connectivity index is 2.59. The van der Waals surface area contributed by atoms with Crippen LogP contribution in [0.4, 0.5) is 0 Å². The van der Waals surface area contributed by atoms with E-state index in [2.05, 4.69) is 14.1 Å². The van der Waals surface area contributed by atoms with Gasteiger partial charge in [-0.05, 0) is 23.6 Å². The highest BCUT2D eigenvalue weighted by atomic mass is 35.5. The third kappa shape index (κ3) is 2.05. The summed E-state index contributed by atoms with van der Waals surface area (Å²) in [6.45, 7) is 1.57. The lowest BCUT2D eigenvalue weighted by molar-refractivity contribution is 0.0697. The molecule has 0 amide bonds. The first-order chi connectivity index (χ1) is 7.50. The highest BCUT2D eigenvalue weighted by Gasteiger charge is 2.23. The highest BCUT2D eigenvalue weighted by Crippen LogP contribution is 2.34. The average Bonchev–Trinajstić information content (AvgIpc) is 2.15. The fraction of sp³-hybridized carbons (Fsp3) is 0.300. The van der Waals surface area contributed by atoms with E-state index < -0.39 is 5.97 Å². The van der Waals surface area contributed by atoms with Gasteiger partial charge in [-0.1, -0.05) is 32.6 Å². The summed E-state index contributed by atoms with van der Waals surface area (Å²) in [5, 5.41) is 9.51. The summed E-state index contributed by atoms with van der Waals surface area (Å²) in [6.07, 6.45) is 0.745. The van der Waals surface area contributed by atoms with E-state index in [0.29, 0.717) is 0 Å². The topological polar surface area (TPSA) is 40.5 Å². The van der Waals surface area contributed by atoms with Crippen molar-refractivity contribution in [3.63, 3.8) is 0 Å². The van der Waals surface area contributed by atoms with Gasteiger partial charge in [0.15, 0.2) is 0 Å². The number of hydrogen-bond acceptors (Lipinski definition) is 2. The van der Waals surface area contributed by atoms with E-state index >= 15 is 0 Å². The number of fused-ring (bicyclic) bond motifs is 1. The van der Waals surface area contributed by atoms with Crippen LogP contribution in [0.25, 0.3) is 0 Å². The second-order valence-corrected chi connectivity index (χ2v) is 5.23. The quantitative estimate of drug-likeness (QED) is 0.803. The van der Waals surface area contributed by atoms with Gasteiger partial charge in [-0.2, -0.15) is 0 Å². The molecule has 0 radical (unpaired) electrons. The molecule has 1 aromatic carbocycles. The van der Waals surface area contributed by atoms with Crippen molar-refractivity contribution in [2.24, 2.45) is 0 Å². The first-order valence-corrected chi connectivity index (χ1v) is 6.00. The second kappa shape index (κ2) is 4.50. The monoisotopic (exact) mass is 277 g/mol. The van der Waals surface area contributed by atoms with Crippen LogP contribution in [-0.4, -0.2) is 22.3 Å². The van der Waals surface area contributed by atoms with Gasteiger partial charge in [-0.25, -0.2) is 4.79 Å². The van der Waals surface area contributed by atoms with Gasteiger partial charge in [0.25, 0.3) is 0 Å². The molecular weight excluding hydrogens is 268 g/mol. The van der Waals surface area contributed by atoms with Crippen molar-refractivity contribution < 1.29 is 9.90 Å².